The van der Waals surface area contributed by atoms with Crippen molar-refractivity contribution >= 4 is 5.91 Å². The van der Waals surface area contributed by atoms with E-state index in [4.69, 9.17) is 10.5 Å². The Hall–Kier alpha value is -1.39. The third-order valence-electron chi connectivity index (χ3n) is 6.46. The molecule has 1 aromatic rings. The van der Waals surface area contributed by atoms with Gasteiger partial charge in [-0.25, -0.2) is 0 Å². The molecule has 0 bridgehead atoms. The molecule has 3 aliphatic rings. The lowest BCUT2D eigenvalue weighted by Gasteiger charge is -2.65. The van der Waals surface area contributed by atoms with Crippen molar-refractivity contribution in [3.63, 3.8) is 0 Å². The zero-order chi connectivity index (χ0) is 16.2. The fraction of sp³-hybridized carbons (Fsp3) is 0.632. The molecular formula is C19H26N2O2. The maximum Gasteiger partial charge on any atom is 0.244 e. The predicted octanol–water partition coefficient (Wildman–Crippen LogP) is 2.10. The van der Waals surface area contributed by atoms with Crippen molar-refractivity contribution in [2.75, 3.05) is 13.2 Å². The largest absolute Gasteiger partial charge is 0.377 e. The summed E-state index contributed by atoms with van der Waals surface area (Å²) in [7, 11) is 0. The van der Waals surface area contributed by atoms with Gasteiger partial charge in [-0.15, -0.1) is 0 Å². The van der Waals surface area contributed by atoms with Crippen LogP contribution >= 0.6 is 0 Å². The number of benzene rings is 1. The number of amides is 1. The quantitative estimate of drug-likeness (QED) is 0.864. The summed E-state index contributed by atoms with van der Waals surface area (Å²) >= 11 is 0. The van der Waals surface area contributed by atoms with E-state index in [2.05, 4.69) is 32.0 Å². The number of hydrogen-bond donors (Lipinski definition) is 1. The van der Waals surface area contributed by atoms with Gasteiger partial charge in [-0.1, -0.05) is 38.1 Å². The van der Waals surface area contributed by atoms with Crippen LogP contribution in [-0.4, -0.2) is 35.6 Å². The Bertz CT molecular complexity index is 642. The maximum absolute atomic E-state index is 13.3. The molecule has 1 amide bonds. The van der Waals surface area contributed by atoms with Gasteiger partial charge in [0.15, 0.2) is 0 Å². The van der Waals surface area contributed by atoms with E-state index in [1.54, 1.807) is 0 Å². The number of carbonyl (C=O) groups is 1. The first-order chi connectivity index (χ1) is 11.0. The molecular weight excluding hydrogens is 288 g/mol. The summed E-state index contributed by atoms with van der Waals surface area (Å²) in [4.78, 5) is 15.3. The van der Waals surface area contributed by atoms with Crippen molar-refractivity contribution < 1.29 is 9.53 Å². The van der Waals surface area contributed by atoms with Crippen LogP contribution in [0.5, 0.6) is 0 Å². The van der Waals surface area contributed by atoms with Crippen molar-refractivity contribution in [2.45, 2.75) is 51.3 Å². The lowest BCUT2D eigenvalue weighted by molar-refractivity contribution is -0.230. The van der Waals surface area contributed by atoms with Crippen LogP contribution in [0, 0.1) is 11.3 Å². The summed E-state index contributed by atoms with van der Waals surface area (Å²) in [6.07, 6.45) is 3.05. The van der Waals surface area contributed by atoms with Crippen LogP contribution in [0.15, 0.2) is 24.3 Å². The maximum atomic E-state index is 13.3. The minimum absolute atomic E-state index is 0.115. The van der Waals surface area contributed by atoms with E-state index >= 15 is 0 Å². The van der Waals surface area contributed by atoms with Gasteiger partial charge in [0.05, 0.1) is 6.10 Å². The van der Waals surface area contributed by atoms with Crippen LogP contribution < -0.4 is 5.73 Å². The zero-order valence-corrected chi connectivity index (χ0v) is 14.0. The van der Waals surface area contributed by atoms with Crippen LogP contribution in [0.4, 0.5) is 0 Å². The van der Waals surface area contributed by atoms with Gasteiger partial charge in [0.25, 0.3) is 0 Å². The first-order valence-electron chi connectivity index (χ1n) is 8.73. The Morgan fingerprint density at radius 3 is 2.83 bits per heavy atom. The molecule has 2 fully saturated rings. The fourth-order valence-electron chi connectivity index (χ4n) is 4.94. The van der Waals surface area contributed by atoms with E-state index in [1.165, 1.54) is 11.1 Å². The van der Waals surface area contributed by atoms with Gasteiger partial charge in [-0.3, -0.25) is 4.79 Å². The Morgan fingerprint density at radius 1 is 1.30 bits per heavy atom. The van der Waals surface area contributed by atoms with Crippen LogP contribution in [0.3, 0.4) is 0 Å². The first-order valence-corrected chi connectivity index (χ1v) is 8.73. The van der Waals surface area contributed by atoms with Crippen LogP contribution in [0.1, 0.15) is 37.8 Å². The van der Waals surface area contributed by atoms with Crippen LogP contribution in [0.2, 0.25) is 0 Å². The van der Waals surface area contributed by atoms with E-state index in [0.717, 1.165) is 32.4 Å². The molecule has 2 heterocycles. The highest BCUT2D eigenvalue weighted by atomic mass is 16.5. The summed E-state index contributed by atoms with van der Waals surface area (Å²) in [5.74, 6) is 0.277. The van der Waals surface area contributed by atoms with Crippen LogP contribution in [0.25, 0.3) is 0 Å². The molecule has 124 valence electrons. The monoisotopic (exact) mass is 314 g/mol. The smallest absolute Gasteiger partial charge is 0.244 e. The average molecular weight is 314 g/mol. The molecule has 3 atom stereocenters. The van der Waals surface area contributed by atoms with Gasteiger partial charge in [0.1, 0.15) is 5.54 Å². The van der Waals surface area contributed by atoms with Crippen molar-refractivity contribution in [3.8, 4) is 0 Å². The van der Waals surface area contributed by atoms with Crippen molar-refractivity contribution in [3.05, 3.63) is 35.4 Å². The average Bonchev–Trinajstić information content (AvgIpc) is 2.60. The number of ether oxygens (including phenoxy) is 1. The SMILES string of the molecule is CC1(C)C2OCCCC2C1(N)C(=O)N1CCc2ccccc2C1. The van der Waals surface area contributed by atoms with E-state index in [1.807, 2.05) is 11.0 Å². The molecule has 4 rings (SSSR count). The standard InChI is InChI=1S/C19H26N2O2/c1-18(2)16-15(8-5-11-23-16)19(18,20)17(22)21-10-9-13-6-3-4-7-14(13)12-21/h3-4,6-7,15-16H,5,8-12,20H2,1-2H3. The summed E-state index contributed by atoms with van der Waals surface area (Å²) in [6, 6.07) is 8.40. The number of hydrogen-bond acceptors (Lipinski definition) is 3. The lowest BCUT2D eigenvalue weighted by Crippen LogP contribution is -2.82. The number of rotatable bonds is 1. The van der Waals surface area contributed by atoms with E-state index in [0.29, 0.717) is 6.54 Å². The minimum atomic E-state index is -0.787. The van der Waals surface area contributed by atoms with E-state index in [9.17, 15) is 4.79 Å². The summed E-state index contributed by atoms with van der Waals surface area (Å²) < 4.78 is 5.93. The Morgan fingerprint density at radius 2 is 2.04 bits per heavy atom. The number of nitrogens with two attached hydrogens (primary N) is 1. The third kappa shape index (κ3) is 1.94. The Balaban J connectivity index is 1.59. The molecule has 1 saturated carbocycles. The fourth-order valence-corrected chi connectivity index (χ4v) is 4.94. The van der Waals surface area contributed by atoms with Gasteiger partial charge in [0.2, 0.25) is 5.91 Å². The molecule has 0 aromatic heterocycles. The van der Waals surface area contributed by atoms with Gasteiger partial charge < -0.3 is 15.4 Å². The molecule has 1 saturated heterocycles. The Kier molecular flexibility index (Phi) is 3.33. The molecule has 4 nitrogen and oxygen atoms in total. The molecule has 23 heavy (non-hydrogen) atoms. The van der Waals surface area contributed by atoms with Gasteiger partial charge in [0, 0.05) is 31.0 Å². The zero-order valence-electron chi connectivity index (χ0n) is 14.0. The highest BCUT2D eigenvalue weighted by molar-refractivity contribution is 5.89. The summed E-state index contributed by atoms with van der Waals surface area (Å²) in [5.41, 5.74) is 8.28. The third-order valence-corrected chi connectivity index (χ3v) is 6.46. The minimum Gasteiger partial charge on any atom is -0.377 e. The molecule has 2 aliphatic heterocycles. The van der Waals surface area contributed by atoms with E-state index < -0.39 is 5.54 Å². The Labute approximate surface area is 138 Å². The molecule has 4 heteroatoms. The molecule has 0 spiro atoms. The molecule has 2 N–H and O–H groups in total. The summed E-state index contributed by atoms with van der Waals surface area (Å²) in [6.45, 7) is 6.43. The van der Waals surface area contributed by atoms with Gasteiger partial charge in [-0.2, -0.15) is 0 Å². The molecule has 1 aromatic carbocycles. The topological polar surface area (TPSA) is 55.6 Å². The predicted molar refractivity (Wildman–Crippen MR) is 88.7 cm³/mol. The number of nitrogens with zero attached hydrogens (tertiary/aromatic N) is 1. The number of fused-ring (bicyclic) bond motifs is 2. The lowest BCUT2D eigenvalue weighted by atomic mass is 9.46. The highest BCUT2D eigenvalue weighted by Crippen LogP contribution is 2.58. The van der Waals surface area contributed by atoms with Gasteiger partial charge >= 0.3 is 0 Å². The first kappa shape index (κ1) is 15.2. The molecule has 0 radical (unpaired) electrons. The van der Waals surface area contributed by atoms with Gasteiger partial charge in [-0.05, 0) is 30.4 Å². The van der Waals surface area contributed by atoms with E-state index in [-0.39, 0.29) is 23.3 Å². The highest BCUT2D eigenvalue weighted by Gasteiger charge is 2.70. The second-order valence-corrected chi connectivity index (χ2v) is 7.88. The summed E-state index contributed by atoms with van der Waals surface area (Å²) in [5, 5.41) is 0. The normalized spacial score (nSPS) is 35.0. The van der Waals surface area contributed by atoms with Crippen LogP contribution in [-0.2, 0) is 22.5 Å². The molecule has 3 unspecified atom stereocenters. The van der Waals surface area contributed by atoms with Crippen molar-refractivity contribution in [2.24, 2.45) is 17.1 Å². The number of carbonyl (C=O) groups excluding carboxylic acids is 1. The second kappa shape index (κ2) is 5.05. The second-order valence-electron chi connectivity index (χ2n) is 7.88. The van der Waals surface area contributed by atoms with Crippen molar-refractivity contribution in [1.29, 1.82) is 0 Å². The molecule has 1 aliphatic carbocycles. The van der Waals surface area contributed by atoms with Crippen molar-refractivity contribution in [1.82, 2.24) is 4.90 Å².